The first-order chi connectivity index (χ1) is 9.60. The zero-order valence-corrected chi connectivity index (χ0v) is 12.9. The highest BCUT2D eigenvalue weighted by molar-refractivity contribution is 5.27. The summed E-state index contributed by atoms with van der Waals surface area (Å²) in [5, 5.41) is 0. The lowest BCUT2D eigenvalue weighted by Gasteiger charge is -2.22. The molecule has 1 fully saturated rings. The fourth-order valence-electron chi connectivity index (χ4n) is 2.92. The summed E-state index contributed by atoms with van der Waals surface area (Å²) in [5.41, 5.74) is 6.72. The minimum atomic E-state index is 0.581. The molecule has 0 spiro atoms. The third-order valence-electron chi connectivity index (χ3n) is 4.15. The Hall–Kier alpha value is -1.10. The van der Waals surface area contributed by atoms with E-state index in [1.165, 1.54) is 0 Å². The minimum absolute atomic E-state index is 0.581. The SMILES string of the molecule is CC1CN(CCOc2ccc(CN)cc2)CC1N(C)C. The van der Waals surface area contributed by atoms with Gasteiger partial charge in [-0.2, -0.15) is 0 Å². The zero-order valence-electron chi connectivity index (χ0n) is 12.9. The Bertz CT molecular complexity index is 405. The highest BCUT2D eigenvalue weighted by atomic mass is 16.5. The molecule has 1 aromatic carbocycles. The van der Waals surface area contributed by atoms with Crippen LogP contribution >= 0.6 is 0 Å². The second-order valence-corrected chi connectivity index (χ2v) is 5.96. The summed E-state index contributed by atoms with van der Waals surface area (Å²) in [5.74, 6) is 1.66. The number of nitrogens with two attached hydrogens (primary N) is 1. The maximum atomic E-state index is 5.80. The number of hydrogen-bond acceptors (Lipinski definition) is 4. The molecule has 2 N–H and O–H groups in total. The van der Waals surface area contributed by atoms with Crippen LogP contribution in [0.2, 0.25) is 0 Å². The fourth-order valence-corrected chi connectivity index (χ4v) is 2.92. The lowest BCUT2D eigenvalue weighted by atomic mass is 10.1. The molecule has 0 aromatic heterocycles. The van der Waals surface area contributed by atoms with Crippen molar-refractivity contribution in [2.45, 2.75) is 19.5 Å². The van der Waals surface area contributed by atoms with Gasteiger partial charge in [-0.25, -0.2) is 0 Å². The molecule has 1 aliphatic rings. The van der Waals surface area contributed by atoms with E-state index in [1.54, 1.807) is 0 Å². The number of likely N-dealkylation sites (N-methyl/N-ethyl adjacent to an activating group) is 1. The summed E-state index contributed by atoms with van der Waals surface area (Å²) in [7, 11) is 4.33. The van der Waals surface area contributed by atoms with Gasteiger partial charge in [-0.3, -0.25) is 4.90 Å². The summed E-state index contributed by atoms with van der Waals surface area (Å²) in [4.78, 5) is 4.82. The number of rotatable bonds is 6. The first kappa shape index (κ1) is 15.3. The normalized spacial score (nSPS) is 23.4. The van der Waals surface area contributed by atoms with E-state index in [1.807, 2.05) is 24.3 Å². The first-order valence-corrected chi connectivity index (χ1v) is 7.40. The average molecular weight is 277 g/mol. The number of likely N-dealkylation sites (tertiary alicyclic amines) is 1. The number of nitrogens with zero attached hydrogens (tertiary/aromatic N) is 2. The van der Waals surface area contributed by atoms with Crippen LogP contribution in [0.15, 0.2) is 24.3 Å². The second kappa shape index (κ2) is 7.07. The van der Waals surface area contributed by atoms with Gasteiger partial charge in [-0.1, -0.05) is 19.1 Å². The van der Waals surface area contributed by atoms with Crippen LogP contribution in [-0.2, 0) is 6.54 Å². The smallest absolute Gasteiger partial charge is 0.119 e. The molecule has 4 heteroatoms. The van der Waals surface area contributed by atoms with E-state index in [-0.39, 0.29) is 0 Å². The van der Waals surface area contributed by atoms with Crippen molar-refractivity contribution in [3.05, 3.63) is 29.8 Å². The Labute approximate surface area is 122 Å². The Morgan fingerprint density at radius 1 is 1.25 bits per heavy atom. The summed E-state index contributed by atoms with van der Waals surface area (Å²) in [6.45, 7) is 6.96. The van der Waals surface area contributed by atoms with Crippen molar-refractivity contribution in [2.75, 3.05) is 40.3 Å². The number of ether oxygens (including phenoxy) is 1. The van der Waals surface area contributed by atoms with Crippen LogP contribution in [0.4, 0.5) is 0 Å². The molecule has 0 bridgehead atoms. The molecule has 0 radical (unpaired) electrons. The van der Waals surface area contributed by atoms with E-state index in [2.05, 4.69) is 30.8 Å². The van der Waals surface area contributed by atoms with Gasteiger partial charge in [0.25, 0.3) is 0 Å². The molecule has 112 valence electrons. The van der Waals surface area contributed by atoms with Gasteiger partial charge in [0.15, 0.2) is 0 Å². The van der Waals surface area contributed by atoms with Gasteiger partial charge in [0.2, 0.25) is 0 Å². The standard InChI is InChI=1S/C16H27N3O/c1-13-11-19(12-16(13)18(2)3)8-9-20-15-6-4-14(10-17)5-7-15/h4-7,13,16H,8-12,17H2,1-3H3. The molecule has 1 aromatic rings. The van der Waals surface area contributed by atoms with Crippen molar-refractivity contribution in [2.24, 2.45) is 11.7 Å². The van der Waals surface area contributed by atoms with E-state index in [4.69, 9.17) is 10.5 Å². The van der Waals surface area contributed by atoms with Crippen LogP contribution < -0.4 is 10.5 Å². The van der Waals surface area contributed by atoms with Gasteiger partial charge < -0.3 is 15.4 Å². The van der Waals surface area contributed by atoms with Crippen molar-refractivity contribution in [1.82, 2.24) is 9.80 Å². The Morgan fingerprint density at radius 3 is 2.50 bits per heavy atom. The van der Waals surface area contributed by atoms with Crippen LogP contribution in [0, 0.1) is 5.92 Å². The van der Waals surface area contributed by atoms with E-state index < -0.39 is 0 Å². The van der Waals surface area contributed by atoms with Crippen molar-refractivity contribution in [3.63, 3.8) is 0 Å². The van der Waals surface area contributed by atoms with Crippen LogP contribution in [0.3, 0.4) is 0 Å². The molecule has 1 aliphatic heterocycles. The summed E-state index contributed by atoms with van der Waals surface area (Å²) in [6.07, 6.45) is 0. The Balaban J connectivity index is 1.73. The van der Waals surface area contributed by atoms with Crippen LogP contribution in [0.5, 0.6) is 5.75 Å². The Morgan fingerprint density at radius 2 is 1.95 bits per heavy atom. The summed E-state index contributed by atoms with van der Waals surface area (Å²) in [6, 6.07) is 8.71. The number of benzene rings is 1. The minimum Gasteiger partial charge on any atom is -0.492 e. The van der Waals surface area contributed by atoms with Crippen molar-refractivity contribution >= 4 is 0 Å². The predicted molar refractivity (Wildman–Crippen MR) is 82.9 cm³/mol. The molecule has 2 unspecified atom stereocenters. The lowest BCUT2D eigenvalue weighted by molar-refractivity contribution is 0.220. The van der Waals surface area contributed by atoms with E-state index >= 15 is 0 Å². The first-order valence-electron chi connectivity index (χ1n) is 7.40. The topological polar surface area (TPSA) is 41.7 Å². The average Bonchev–Trinajstić information content (AvgIpc) is 2.81. The van der Waals surface area contributed by atoms with Crippen molar-refractivity contribution in [3.8, 4) is 5.75 Å². The highest BCUT2D eigenvalue weighted by Gasteiger charge is 2.30. The van der Waals surface area contributed by atoms with Gasteiger partial charge in [-0.15, -0.1) is 0 Å². The Kier molecular flexibility index (Phi) is 5.40. The molecular formula is C16H27N3O. The van der Waals surface area contributed by atoms with Gasteiger partial charge in [0, 0.05) is 32.2 Å². The second-order valence-electron chi connectivity index (χ2n) is 5.96. The van der Waals surface area contributed by atoms with Gasteiger partial charge >= 0.3 is 0 Å². The third-order valence-corrected chi connectivity index (χ3v) is 4.15. The predicted octanol–water partition coefficient (Wildman–Crippen LogP) is 1.41. The largest absolute Gasteiger partial charge is 0.492 e. The van der Waals surface area contributed by atoms with Crippen molar-refractivity contribution in [1.29, 1.82) is 0 Å². The number of hydrogen-bond donors (Lipinski definition) is 1. The summed E-state index contributed by atoms with van der Waals surface area (Å²) >= 11 is 0. The van der Waals surface area contributed by atoms with Gasteiger partial charge in [-0.05, 0) is 37.7 Å². The van der Waals surface area contributed by atoms with Crippen LogP contribution in [0.25, 0.3) is 0 Å². The molecule has 4 nitrogen and oxygen atoms in total. The molecular weight excluding hydrogens is 250 g/mol. The maximum Gasteiger partial charge on any atom is 0.119 e. The monoisotopic (exact) mass is 277 g/mol. The molecule has 0 amide bonds. The zero-order chi connectivity index (χ0) is 14.5. The highest BCUT2D eigenvalue weighted by Crippen LogP contribution is 2.19. The van der Waals surface area contributed by atoms with Gasteiger partial charge in [0.05, 0.1) is 0 Å². The van der Waals surface area contributed by atoms with Crippen LogP contribution in [-0.4, -0.2) is 56.2 Å². The van der Waals surface area contributed by atoms with E-state index in [0.717, 1.165) is 43.5 Å². The molecule has 1 heterocycles. The lowest BCUT2D eigenvalue weighted by Crippen LogP contribution is -2.35. The summed E-state index contributed by atoms with van der Waals surface area (Å²) < 4.78 is 5.80. The molecule has 20 heavy (non-hydrogen) atoms. The molecule has 0 saturated carbocycles. The van der Waals surface area contributed by atoms with Gasteiger partial charge in [0.1, 0.15) is 12.4 Å². The molecule has 1 saturated heterocycles. The van der Waals surface area contributed by atoms with E-state index in [0.29, 0.717) is 12.6 Å². The van der Waals surface area contributed by atoms with Crippen LogP contribution in [0.1, 0.15) is 12.5 Å². The van der Waals surface area contributed by atoms with E-state index in [9.17, 15) is 0 Å². The fraction of sp³-hybridized carbons (Fsp3) is 0.625. The third kappa shape index (κ3) is 3.95. The maximum absolute atomic E-state index is 5.80. The molecule has 2 rings (SSSR count). The molecule has 0 aliphatic carbocycles. The quantitative estimate of drug-likeness (QED) is 0.853. The van der Waals surface area contributed by atoms with Crippen molar-refractivity contribution < 1.29 is 4.74 Å². The molecule has 2 atom stereocenters.